The second kappa shape index (κ2) is 12.6. The highest BCUT2D eigenvalue weighted by molar-refractivity contribution is 6.42. The van der Waals surface area contributed by atoms with Gasteiger partial charge in [-0.15, -0.1) is 0 Å². The van der Waals surface area contributed by atoms with E-state index in [9.17, 15) is 10.2 Å². The van der Waals surface area contributed by atoms with E-state index in [-0.39, 0.29) is 12.6 Å². The van der Waals surface area contributed by atoms with E-state index in [4.69, 9.17) is 37.4 Å². The third-order valence-electron chi connectivity index (χ3n) is 5.59. The number of aliphatic hydroxyl groups is 2. The van der Waals surface area contributed by atoms with Gasteiger partial charge in [-0.2, -0.15) is 0 Å². The first-order chi connectivity index (χ1) is 15.9. The third kappa shape index (κ3) is 7.91. The van der Waals surface area contributed by atoms with Crippen molar-refractivity contribution in [1.82, 2.24) is 10.2 Å². The van der Waals surface area contributed by atoms with Gasteiger partial charge < -0.3 is 29.7 Å². The normalized spacial score (nSPS) is 17.9. The monoisotopic (exact) mass is 498 g/mol. The van der Waals surface area contributed by atoms with Gasteiger partial charge in [0.1, 0.15) is 36.1 Å². The molecule has 0 aliphatic carbocycles. The summed E-state index contributed by atoms with van der Waals surface area (Å²) in [6.45, 7) is 3.88. The fourth-order valence-electron chi connectivity index (χ4n) is 3.75. The molecular formula is C24H32Cl2N2O5. The summed E-state index contributed by atoms with van der Waals surface area (Å²) in [6, 6.07) is 12.6. The molecule has 182 valence electrons. The van der Waals surface area contributed by atoms with E-state index in [2.05, 4.69) is 10.2 Å². The Hall–Kier alpha value is -1.74. The summed E-state index contributed by atoms with van der Waals surface area (Å²) in [7, 11) is 1.61. The zero-order valence-corrected chi connectivity index (χ0v) is 20.4. The van der Waals surface area contributed by atoms with E-state index in [1.807, 2.05) is 24.3 Å². The first-order valence-electron chi connectivity index (χ1n) is 11.1. The molecule has 0 radical (unpaired) electrons. The van der Waals surface area contributed by atoms with Crippen LogP contribution in [0.1, 0.15) is 19.8 Å². The Balaban J connectivity index is 1.40. The Labute approximate surface area is 205 Å². The van der Waals surface area contributed by atoms with Crippen LogP contribution < -0.4 is 19.5 Å². The second-order valence-corrected chi connectivity index (χ2v) is 9.00. The molecule has 1 aliphatic rings. The number of hydrogen-bond acceptors (Lipinski definition) is 7. The standard InChI is InChI=1S/C24H32Cl2N2O5/c1-16(29)24(33-21-7-8-22(25)23(26)13-21)28-11-9-17(10-12-28)27-14-18(30)15-32-20-5-3-19(31-2)4-6-20/h3-8,13,16-18,24,27,29-30H,9-12,14-15H2,1-2H3/t16?,18-,24?/m1/s1. The van der Waals surface area contributed by atoms with Gasteiger partial charge in [-0.05, 0) is 56.2 Å². The molecule has 0 saturated carbocycles. The van der Waals surface area contributed by atoms with Gasteiger partial charge in [-0.25, -0.2) is 0 Å². The average molecular weight is 499 g/mol. The van der Waals surface area contributed by atoms with E-state index in [0.29, 0.717) is 28.1 Å². The van der Waals surface area contributed by atoms with Crippen LogP contribution in [0, 0.1) is 0 Å². The molecule has 3 atom stereocenters. The van der Waals surface area contributed by atoms with Crippen LogP contribution in [0.2, 0.25) is 10.0 Å². The van der Waals surface area contributed by atoms with Crippen molar-refractivity contribution in [2.24, 2.45) is 0 Å². The molecule has 9 heteroatoms. The number of nitrogens with one attached hydrogen (secondary N) is 1. The van der Waals surface area contributed by atoms with E-state index in [1.165, 1.54) is 0 Å². The zero-order chi connectivity index (χ0) is 23.8. The molecule has 1 fully saturated rings. The van der Waals surface area contributed by atoms with Crippen LogP contribution >= 0.6 is 23.2 Å². The molecule has 3 N–H and O–H groups in total. The number of halogens is 2. The molecular weight excluding hydrogens is 467 g/mol. The number of likely N-dealkylation sites (tertiary alicyclic amines) is 1. The van der Waals surface area contributed by atoms with Crippen LogP contribution in [0.5, 0.6) is 17.2 Å². The van der Waals surface area contributed by atoms with Crippen molar-refractivity contribution in [3.63, 3.8) is 0 Å². The third-order valence-corrected chi connectivity index (χ3v) is 6.33. The van der Waals surface area contributed by atoms with E-state index >= 15 is 0 Å². The van der Waals surface area contributed by atoms with Crippen molar-refractivity contribution in [2.75, 3.05) is 33.4 Å². The Bertz CT molecular complexity index is 860. The molecule has 0 amide bonds. The lowest BCUT2D eigenvalue weighted by atomic mass is 10.0. The molecule has 2 aromatic rings. The Kier molecular flexibility index (Phi) is 9.92. The summed E-state index contributed by atoms with van der Waals surface area (Å²) in [6.07, 6.45) is -0.0269. The first kappa shape index (κ1) is 25.9. The Morgan fingerprint density at radius 3 is 2.24 bits per heavy atom. The lowest BCUT2D eigenvalue weighted by Crippen LogP contribution is -2.53. The number of aliphatic hydroxyl groups excluding tert-OH is 2. The number of piperidine rings is 1. The summed E-state index contributed by atoms with van der Waals surface area (Å²) < 4.78 is 16.8. The maximum Gasteiger partial charge on any atom is 0.178 e. The highest BCUT2D eigenvalue weighted by atomic mass is 35.5. The smallest absolute Gasteiger partial charge is 0.178 e. The SMILES string of the molecule is COc1ccc(OC[C@H](O)CNC2CCN(C(Oc3ccc(Cl)c(Cl)c3)C(C)O)CC2)cc1. The molecule has 0 bridgehead atoms. The highest BCUT2D eigenvalue weighted by Crippen LogP contribution is 2.28. The van der Waals surface area contributed by atoms with Gasteiger partial charge in [0.25, 0.3) is 0 Å². The summed E-state index contributed by atoms with van der Waals surface area (Å²) in [5.74, 6) is 2.01. The van der Waals surface area contributed by atoms with Gasteiger partial charge in [-0.1, -0.05) is 23.2 Å². The molecule has 0 aromatic heterocycles. The van der Waals surface area contributed by atoms with Gasteiger partial charge in [0.2, 0.25) is 0 Å². The first-order valence-corrected chi connectivity index (χ1v) is 11.8. The van der Waals surface area contributed by atoms with Crippen molar-refractivity contribution in [1.29, 1.82) is 0 Å². The Morgan fingerprint density at radius 1 is 1.00 bits per heavy atom. The van der Waals surface area contributed by atoms with Crippen LogP contribution in [0.3, 0.4) is 0 Å². The minimum absolute atomic E-state index is 0.208. The van der Waals surface area contributed by atoms with Crippen LogP contribution in [-0.2, 0) is 0 Å². The van der Waals surface area contributed by atoms with Gasteiger partial charge in [-0.3, -0.25) is 4.90 Å². The van der Waals surface area contributed by atoms with E-state index < -0.39 is 18.4 Å². The van der Waals surface area contributed by atoms with Gasteiger partial charge in [0.05, 0.1) is 17.2 Å². The predicted molar refractivity (Wildman–Crippen MR) is 130 cm³/mol. The number of hydrogen-bond donors (Lipinski definition) is 3. The van der Waals surface area contributed by atoms with E-state index in [0.717, 1.165) is 31.7 Å². The summed E-state index contributed by atoms with van der Waals surface area (Å²) >= 11 is 12.1. The fourth-order valence-corrected chi connectivity index (χ4v) is 4.04. The fraction of sp³-hybridized carbons (Fsp3) is 0.500. The molecule has 2 aromatic carbocycles. The molecule has 3 rings (SSSR count). The maximum absolute atomic E-state index is 10.3. The average Bonchev–Trinajstić information content (AvgIpc) is 2.82. The summed E-state index contributed by atoms with van der Waals surface area (Å²) in [4.78, 5) is 2.12. The largest absolute Gasteiger partial charge is 0.497 e. The lowest BCUT2D eigenvalue weighted by molar-refractivity contribution is -0.0682. The van der Waals surface area contributed by atoms with Crippen molar-refractivity contribution in [3.05, 3.63) is 52.5 Å². The molecule has 1 aliphatic heterocycles. The van der Waals surface area contributed by atoms with Crippen molar-refractivity contribution in [2.45, 2.75) is 44.2 Å². The number of methoxy groups -OCH3 is 1. The predicted octanol–water partition coefficient (Wildman–Crippen LogP) is 3.58. The lowest BCUT2D eigenvalue weighted by Gasteiger charge is -2.39. The molecule has 33 heavy (non-hydrogen) atoms. The van der Waals surface area contributed by atoms with Crippen LogP contribution in [0.15, 0.2) is 42.5 Å². The topological polar surface area (TPSA) is 83.4 Å². The van der Waals surface area contributed by atoms with Crippen molar-refractivity contribution in [3.8, 4) is 17.2 Å². The molecule has 0 spiro atoms. The van der Waals surface area contributed by atoms with Crippen LogP contribution in [-0.4, -0.2) is 72.9 Å². The molecule has 1 saturated heterocycles. The van der Waals surface area contributed by atoms with Crippen molar-refractivity contribution < 1.29 is 24.4 Å². The van der Waals surface area contributed by atoms with Gasteiger partial charge >= 0.3 is 0 Å². The quantitative estimate of drug-likeness (QED) is 0.436. The van der Waals surface area contributed by atoms with Gasteiger partial charge in [0, 0.05) is 31.7 Å². The summed E-state index contributed by atoms with van der Waals surface area (Å²) in [5, 5.41) is 24.8. The molecule has 7 nitrogen and oxygen atoms in total. The Morgan fingerprint density at radius 2 is 1.64 bits per heavy atom. The minimum Gasteiger partial charge on any atom is -0.497 e. The maximum atomic E-state index is 10.3. The van der Waals surface area contributed by atoms with Crippen LogP contribution in [0.4, 0.5) is 0 Å². The van der Waals surface area contributed by atoms with Crippen molar-refractivity contribution >= 4 is 23.2 Å². The number of rotatable bonds is 11. The number of nitrogens with zero attached hydrogens (tertiary/aromatic N) is 1. The zero-order valence-electron chi connectivity index (χ0n) is 18.9. The molecule has 2 unspecified atom stereocenters. The minimum atomic E-state index is -0.680. The number of benzene rings is 2. The number of ether oxygens (including phenoxy) is 3. The van der Waals surface area contributed by atoms with Crippen LogP contribution in [0.25, 0.3) is 0 Å². The summed E-state index contributed by atoms with van der Waals surface area (Å²) in [5.41, 5.74) is 0. The van der Waals surface area contributed by atoms with Gasteiger partial charge in [0.15, 0.2) is 6.23 Å². The van der Waals surface area contributed by atoms with E-state index in [1.54, 1.807) is 32.2 Å². The highest BCUT2D eigenvalue weighted by Gasteiger charge is 2.29. The molecule has 1 heterocycles. The second-order valence-electron chi connectivity index (χ2n) is 8.18.